The number of rotatable bonds is 10. The molecule has 2 aromatic heterocycles. The van der Waals surface area contributed by atoms with Gasteiger partial charge in [0.25, 0.3) is 0 Å². The number of furan rings is 1. The minimum Gasteiger partial charge on any atom is -0.598 e. The summed E-state index contributed by atoms with van der Waals surface area (Å²) in [5, 5.41) is 3.73. The monoisotopic (exact) mass is 526 g/mol. The highest BCUT2D eigenvalue weighted by Crippen LogP contribution is 2.34. The predicted octanol–water partition coefficient (Wildman–Crippen LogP) is 5.79. The highest BCUT2D eigenvalue weighted by atomic mass is 32.2. The van der Waals surface area contributed by atoms with E-state index in [0.717, 1.165) is 38.4 Å². The van der Waals surface area contributed by atoms with Crippen LogP contribution in [-0.2, 0) is 40.5 Å². The number of thiazole rings is 1. The maximum atomic E-state index is 12.3. The molecule has 7 nitrogen and oxygen atoms in total. The molecule has 0 aliphatic heterocycles. The number of nitrogens with one attached hydrogen (secondary N) is 1. The zero-order valence-electron chi connectivity index (χ0n) is 20.8. The van der Waals surface area contributed by atoms with Crippen molar-refractivity contribution in [3.8, 4) is 16.3 Å². The van der Waals surface area contributed by atoms with Crippen molar-refractivity contribution in [2.75, 3.05) is 6.61 Å². The van der Waals surface area contributed by atoms with Gasteiger partial charge in [0.15, 0.2) is 0 Å². The first-order valence-electron chi connectivity index (χ1n) is 11.7. The first-order chi connectivity index (χ1) is 17.2. The maximum Gasteiger partial charge on any atom is 0.310 e. The Balaban J connectivity index is 1.52. The van der Waals surface area contributed by atoms with Gasteiger partial charge in [0.1, 0.15) is 27.7 Å². The highest BCUT2D eigenvalue weighted by molar-refractivity contribution is 7.90. The SMILES string of the molecule is CCOC(=O)Cc1ccccc1OCc1cc(-c2nc(CN[S+]([O-])C(C)(C)C)cs2)c2occc2c1. The summed E-state index contributed by atoms with van der Waals surface area (Å²) in [5.41, 5.74) is 4.19. The fraction of sp³-hybridized carbons (Fsp3) is 0.333. The molecule has 1 atom stereocenters. The lowest BCUT2D eigenvalue weighted by Crippen LogP contribution is -2.38. The summed E-state index contributed by atoms with van der Waals surface area (Å²) in [4.78, 5) is 16.7. The molecule has 0 amide bonds. The van der Waals surface area contributed by atoms with Gasteiger partial charge in [-0.1, -0.05) is 18.2 Å². The smallest absolute Gasteiger partial charge is 0.310 e. The summed E-state index contributed by atoms with van der Waals surface area (Å²) >= 11 is 0.345. The van der Waals surface area contributed by atoms with E-state index in [9.17, 15) is 9.35 Å². The summed E-state index contributed by atoms with van der Waals surface area (Å²) in [5.74, 6) is 0.366. The lowest BCUT2D eigenvalue weighted by molar-refractivity contribution is -0.142. The van der Waals surface area contributed by atoms with Gasteiger partial charge in [0, 0.05) is 27.7 Å². The molecule has 0 fully saturated rings. The fourth-order valence-corrected chi connectivity index (χ4v) is 5.12. The van der Waals surface area contributed by atoms with E-state index in [-0.39, 0.29) is 17.1 Å². The number of ether oxygens (including phenoxy) is 2. The first kappa shape index (κ1) is 26.2. The van der Waals surface area contributed by atoms with Crippen molar-refractivity contribution in [2.45, 2.75) is 52.0 Å². The van der Waals surface area contributed by atoms with E-state index in [1.165, 1.54) is 11.3 Å². The van der Waals surface area contributed by atoms with Gasteiger partial charge in [-0.15, -0.1) is 16.1 Å². The molecule has 4 rings (SSSR count). The van der Waals surface area contributed by atoms with Crippen LogP contribution in [0.3, 0.4) is 0 Å². The molecule has 0 aliphatic rings. The third kappa shape index (κ3) is 6.47. The molecule has 36 heavy (non-hydrogen) atoms. The maximum absolute atomic E-state index is 12.3. The minimum atomic E-state index is -1.17. The minimum absolute atomic E-state index is 0.159. The molecule has 0 saturated carbocycles. The number of fused-ring (bicyclic) bond motifs is 1. The Hall–Kier alpha value is -2.85. The van der Waals surface area contributed by atoms with E-state index >= 15 is 0 Å². The number of esters is 1. The third-order valence-electron chi connectivity index (χ3n) is 5.34. The average Bonchev–Trinajstić information content (AvgIpc) is 3.50. The molecule has 9 heteroatoms. The second-order valence-electron chi connectivity index (χ2n) is 9.21. The van der Waals surface area contributed by atoms with Crippen LogP contribution in [0.1, 0.15) is 44.5 Å². The fourth-order valence-electron chi connectivity index (χ4n) is 3.57. The average molecular weight is 527 g/mol. The summed E-state index contributed by atoms with van der Waals surface area (Å²) in [6, 6.07) is 13.4. The predicted molar refractivity (Wildman–Crippen MR) is 143 cm³/mol. The van der Waals surface area contributed by atoms with E-state index in [1.807, 2.05) is 68.6 Å². The number of hydrogen-bond donors (Lipinski definition) is 1. The molecule has 0 spiro atoms. The van der Waals surface area contributed by atoms with Crippen molar-refractivity contribution in [3.63, 3.8) is 0 Å². The summed E-state index contributed by atoms with van der Waals surface area (Å²) in [6.07, 6.45) is 1.82. The first-order valence-corrected chi connectivity index (χ1v) is 13.7. The molecule has 1 N–H and O–H groups in total. The van der Waals surface area contributed by atoms with Crippen molar-refractivity contribution in [1.29, 1.82) is 0 Å². The van der Waals surface area contributed by atoms with Crippen molar-refractivity contribution in [1.82, 2.24) is 9.71 Å². The molecule has 1 unspecified atom stereocenters. The molecule has 0 radical (unpaired) electrons. The Bertz CT molecular complexity index is 1330. The van der Waals surface area contributed by atoms with Crippen LogP contribution < -0.4 is 9.46 Å². The van der Waals surface area contributed by atoms with Gasteiger partial charge in [0.05, 0.1) is 37.1 Å². The number of nitrogens with zero attached hydrogens (tertiary/aromatic N) is 1. The molecule has 190 valence electrons. The molecule has 4 aromatic rings. The van der Waals surface area contributed by atoms with Crippen molar-refractivity contribution in [2.24, 2.45) is 0 Å². The van der Waals surface area contributed by atoms with Gasteiger partial charge in [-0.2, -0.15) is 0 Å². The topological polar surface area (TPSA) is 96.7 Å². The van der Waals surface area contributed by atoms with Crippen LogP contribution in [0.25, 0.3) is 21.5 Å². The Morgan fingerprint density at radius 2 is 2.03 bits per heavy atom. The van der Waals surface area contributed by atoms with Crippen LogP contribution in [0.5, 0.6) is 5.75 Å². The van der Waals surface area contributed by atoms with E-state index in [0.29, 0.717) is 25.5 Å². The number of carbonyl (C=O) groups excluding carboxylic acids is 1. The van der Waals surface area contributed by atoms with Crippen LogP contribution >= 0.6 is 11.3 Å². The Morgan fingerprint density at radius 3 is 2.81 bits per heavy atom. The normalized spacial score (nSPS) is 12.6. The molecular formula is C27H30N2O5S2. The Kier molecular flexibility index (Phi) is 8.35. The van der Waals surface area contributed by atoms with Gasteiger partial charge in [-0.25, -0.2) is 4.98 Å². The second-order valence-corrected chi connectivity index (χ2v) is 12.1. The van der Waals surface area contributed by atoms with Crippen molar-refractivity contribution < 1.29 is 23.2 Å². The molecule has 0 saturated heterocycles. The Labute approximate surface area is 218 Å². The standard InChI is InChI=1S/C27H30N2O5S2/c1-5-32-24(30)14-19-8-6-7-9-23(19)34-16-18-12-20-10-11-33-25(20)22(13-18)26-29-21(17-35-26)15-28-36(31)27(2,3)4/h6-13,17,28H,5,14-16H2,1-4H3. The van der Waals surface area contributed by atoms with E-state index in [1.54, 1.807) is 13.2 Å². The molecule has 2 heterocycles. The zero-order valence-corrected chi connectivity index (χ0v) is 22.5. The van der Waals surface area contributed by atoms with E-state index < -0.39 is 11.4 Å². The molecular weight excluding hydrogens is 496 g/mol. The molecule has 0 aliphatic carbocycles. The Morgan fingerprint density at radius 1 is 1.22 bits per heavy atom. The third-order valence-corrected chi connectivity index (χ3v) is 7.78. The van der Waals surface area contributed by atoms with Crippen LogP contribution in [0.15, 0.2) is 58.5 Å². The molecule has 0 bridgehead atoms. The van der Waals surface area contributed by atoms with Crippen LogP contribution in [0, 0.1) is 0 Å². The number of para-hydroxylation sites is 1. The number of carbonyl (C=O) groups is 1. The number of aromatic nitrogens is 1. The summed E-state index contributed by atoms with van der Waals surface area (Å²) < 4.78 is 32.0. The lowest BCUT2D eigenvalue weighted by Gasteiger charge is -2.23. The zero-order chi connectivity index (χ0) is 25.7. The van der Waals surface area contributed by atoms with Gasteiger partial charge in [-0.05, 0) is 57.5 Å². The quantitative estimate of drug-likeness (QED) is 0.206. The van der Waals surface area contributed by atoms with Crippen LogP contribution in [0.4, 0.5) is 0 Å². The van der Waals surface area contributed by atoms with E-state index in [2.05, 4.69) is 4.72 Å². The van der Waals surface area contributed by atoms with Crippen LogP contribution in [-0.4, -0.2) is 26.9 Å². The number of benzene rings is 2. The lowest BCUT2D eigenvalue weighted by atomic mass is 10.1. The highest BCUT2D eigenvalue weighted by Gasteiger charge is 2.26. The van der Waals surface area contributed by atoms with Crippen molar-refractivity contribution in [3.05, 3.63) is 70.9 Å². The van der Waals surface area contributed by atoms with Crippen molar-refractivity contribution >= 4 is 39.6 Å². The summed E-state index contributed by atoms with van der Waals surface area (Å²) in [6.45, 7) is 8.66. The molecule has 2 aromatic carbocycles. The van der Waals surface area contributed by atoms with Gasteiger partial charge < -0.3 is 18.4 Å². The summed E-state index contributed by atoms with van der Waals surface area (Å²) in [7, 11) is 0. The van der Waals surface area contributed by atoms with Gasteiger partial charge >= 0.3 is 5.97 Å². The van der Waals surface area contributed by atoms with Crippen LogP contribution in [0.2, 0.25) is 0 Å². The van der Waals surface area contributed by atoms with Gasteiger partial charge in [-0.3, -0.25) is 4.79 Å². The largest absolute Gasteiger partial charge is 0.598 e. The van der Waals surface area contributed by atoms with Gasteiger partial charge in [0.2, 0.25) is 0 Å². The van der Waals surface area contributed by atoms with E-state index in [4.69, 9.17) is 18.9 Å². The number of hydrogen-bond acceptors (Lipinski definition) is 8. The second kappa shape index (κ2) is 11.5.